The van der Waals surface area contributed by atoms with E-state index in [0.717, 1.165) is 12.8 Å². The molecule has 3 saturated heterocycles. The monoisotopic (exact) mass is 586 g/mol. The van der Waals surface area contributed by atoms with Crippen LogP contribution < -0.4 is 4.90 Å². The molecule has 2 amide bonds. The number of hydrogen-bond donors (Lipinski definition) is 1. The lowest BCUT2D eigenvalue weighted by molar-refractivity contribution is -0.162. The van der Waals surface area contributed by atoms with E-state index >= 15 is 0 Å². The Morgan fingerprint density at radius 3 is 2.51 bits per heavy atom. The van der Waals surface area contributed by atoms with E-state index < -0.39 is 41.1 Å². The number of carbonyl (C=O) groups excluding carboxylic acids is 3. The number of esters is 1. The highest BCUT2D eigenvalue weighted by Gasteiger charge is 2.79. The zero-order chi connectivity index (χ0) is 29.9. The van der Waals surface area contributed by atoms with Crippen molar-refractivity contribution in [3.63, 3.8) is 0 Å². The summed E-state index contributed by atoms with van der Waals surface area (Å²) in [6.45, 7) is 13.5. The van der Waals surface area contributed by atoms with E-state index in [2.05, 4.69) is 13.2 Å². The fourth-order valence-electron chi connectivity index (χ4n) is 7.15. The van der Waals surface area contributed by atoms with E-state index in [1.807, 2.05) is 26.8 Å². The number of carbonyl (C=O) groups is 3. The Bertz CT molecular complexity index is 1160. The molecule has 3 aliphatic rings. The van der Waals surface area contributed by atoms with Crippen molar-refractivity contribution in [1.29, 1.82) is 0 Å². The summed E-state index contributed by atoms with van der Waals surface area (Å²) < 4.78 is 12.6. The number of fused-ring (bicyclic) bond motifs is 1. The number of hydrogen-bond acceptors (Lipinski definition) is 6. The number of aliphatic hydroxyl groups excluding tert-OH is 1. The summed E-state index contributed by atoms with van der Waals surface area (Å²) in [6.07, 6.45) is 7.33. The number of allylic oxidation sites excluding steroid dienone is 1. The van der Waals surface area contributed by atoms with Gasteiger partial charge in [0.1, 0.15) is 17.6 Å². The molecular weight excluding hydrogens is 544 g/mol. The van der Waals surface area contributed by atoms with Crippen molar-refractivity contribution in [3.8, 4) is 0 Å². The zero-order valence-corrected chi connectivity index (χ0v) is 25.1. The highest BCUT2D eigenvalue weighted by Crippen LogP contribution is 2.65. The number of halogens is 1. The van der Waals surface area contributed by atoms with Crippen LogP contribution in [-0.4, -0.2) is 70.8 Å². The Morgan fingerprint density at radius 1 is 1.22 bits per heavy atom. The van der Waals surface area contributed by atoms with Gasteiger partial charge >= 0.3 is 5.97 Å². The van der Waals surface area contributed by atoms with Crippen molar-refractivity contribution in [2.45, 2.75) is 82.6 Å². The molecule has 0 aromatic heterocycles. The SMILES string of the molecule is C=CCCCCOC(=O)[C@@H]1[C@H]2C(=O)N([C@@H](CO)C(C)C)C(C(=O)N(CC=C)c3ccc(Cl)cc3)C23CC[C@@]1(CC)O3. The van der Waals surface area contributed by atoms with Crippen LogP contribution in [0.4, 0.5) is 5.69 Å². The summed E-state index contributed by atoms with van der Waals surface area (Å²) in [5, 5.41) is 11.0. The first-order valence-electron chi connectivity index (χ1n) is 14.7. The molecule has 3 fully saturated rings. The number of aliphatic hydroxyl groups is 1. The molecule has 8 nitrogen and oxygen atoms in total. The standard InChI is InChI=1S/C32H43ClN2O6/c1-6-9-10-11-19-40-30(39)26-25-28(37)35(24(20-36)21(4)5)27(32(25)17-16-31(26,8-3)41-32)29(38)34(18-7-2)23-14-12-22(33)13-15-23/h6-7,12-15,21,24-27,36H,1-2,8-11,16-20H2,3-5H3/t24-,25-,26-,27?,31+,32?/m0/s1. The molecule has 6 atom stereocenters. The third-order valence-corrected chi connectivity index (χ3v) is 9.44. The average Bonchev–Trinajstić information content (AvgIpc) is 3.56. The van der Waals surface area contributed by atoms with Gasteiger partial charge in [0.15, 0.2) is 0 Å². The van der Waals surface area contributed by atoms with Gasteiger partial charge < -0.3 is 24.4 Å². The number of ether oxygens (including phenoxy) is 2. The summed E-state index contributed by atoms with van der Waals surface area (Å²) in [5.41, 5.74) is -1.51. The lowest BCUT2D eigenvalue weighted by Gasteiger charge is -2.40. The van der Waals surface area contributed by atoms with Crippen molar-refractivity contribution in [2.75, 3.05) is 24.7 Å². The molecule has 9 heteroatoms. The largest absolute Gasteiger partial charge is 0.465 e. The number of nitrogens with zero attached hydrogens (tertiary/aromatic N) is 2. The van der Waals surface area contributed by atoms with E-state index in [-0.39, 0.29) is 37.5 Å². The summed E-state index contributed by atoms with van der Waals surface area (Å²) in [5.74, 6) is -2.99. The molecule has 224 valence electrons. The minimum Gasteiger partial charge on any atom is -0.465 e. The Hall–Kier alpha value is -2.68. The van der Waals surface area contributed by atoms with Gasteiger partial charge in [0.25, 0.3) is 5.91 Å². The summed E-state index contributed by atoms with van der Waals surface area (Å²) in [4.78, 5) is 45.9. The molecule has 1 N–H and O–H groups in total. The minimum absolute atomic E-state index is 0.148. The van der Waals surface area contributed by atoms with Crippen LogP contribution in [0.15, 0.2) is 49.6 Å². The number of rotatable bonds is 14. The molecular formula is C32H43ClN2O6. The van der Waals surface area contributed by atoms with Crippen LogP contribution in [0.2, 0.25) is 5.02 Å². The number of likely N-dealkylation sites (tertiary alicyclic amines) is 1. The van der Waals surface area contributed by atoms with Gasteiger partial charge in [0, 0.05) is 17.3 Å². The third kappa shape index (κ3) is 5.35. The summed E-state index contributed by atoms with van der Waals surface area (Å²) in [6, 6.07) is 5.23. The van der Waals surface area contributed by atoms with Gasteiger partial charge in [0.2, 0.25) is 5.91 Å². The molecule has 1 aromatic carbocycles. The van der Waals surface area contributed by atoms with Crippen molar-refractivity contribution < 1.29 is 29.0 Å². The highest BCUT2D eigenvalue weighted by atomic mass is 35.5. The molecule has 0 radical (unpaired) electrons. The van der Waals surface area contributed by atoms with Crippen molar-refractivity contribution >= 4 is 35.1 Å². The van der Waals surface area contributed by atoms with Crippen LogP contribution >= 0.6 is 11.6 Å². The van der Waals surface area contributed by atoms with Crippen LogP contribution in [-0.2, 0) is 23.9 Å². The lowest BCUT2D eigenvalue weighted by atomic mass is 9.65. The van der Waals surface area contributed by atoms with Crippen LogP contribution in [0, 0.1) is 17.8 Å². The second kappa shape index (κ2) is 12.7. The average molecular weight is 587 g/mol. The molecule has 4 rings (SSSR count). The quantitative estimate of drug-likeness (QED) is 0.189. The van der Waals surface area contributed by atoms with E-state index in [9.17, 15) is 19.5 Å². The predicted molar refractivity (Wildman–Crippen MR) is 158 cm³/mol. The van der Waals surface area contributed by atoms with Gasteiger partial charge in [-0.25, -0.2) is 0 Å². The number of unbranched alkanes of at least 4 members (excludes halogenated alkanes) is 2. The number of anilines is 1. The Morgan fingerprint density at radius 2 is 1.93 bits per heavy atom. The molecule has 3 aliphatic heterocycles. The van der Waals surface area contributed by atoms with Gasteiger partial charge in [0.05, 0.1) is 30.8 Å². The van der Waals surface area contributed by atoms with Gasteiger partial charge in [-0.05, 0) is 68.7 Å². The van der Waals surface area contributed by atoms with Crippen LogP contribution in [0.1, 0.15) is 59.3 Å². The molecule has 2 unspecified atom stereocenters. The van der Waals surface area contributed by atoms with Gasteiger partial charge in [-0.1, -0.05) is 44.5 Å². The Balaban J connectivity index is 1.78. The summed E-state index contributed by atoms with van der Waals surface area (Å²) in [7, 11) is 0. The van der Waals surface area contributed by atoms with Crippen LogP contribution in [0.25, 0.3) is 0 Å². The molecule has 0 aliphatic carbocycles. The number of amides is 2. The predicted octanol–water partition coefficient (Wildman–Crippen LogP) is 4.93. The maximum Gasteiger partial charge on any atom is 0.312 e. The zero-order valence-electron chi connectivity index (χ0n) is 24.4. The van der Waals surface area contributed by atoms with Crippen molar-refractivity contribution in [1.82, 2.24) is 4.90 Å². The maximum atomic E-state index is 14.7. The first-order valence-corrected chi connectivity index (χ1v) is 15.1. The first-order chi connectivity index (χ1) is 19.6. The van der Waals surface area contributed by atoms with Gasteiger partial charge in [-0.2, -0.15) is 0 Å². The second-order valence-corrected chi connectivity index (χ2v) is 12.2. The molecule has 3 heterocycles. The second-order valence-electron chi connectivity index (χ2n) is 11.7. The van der Waals surface area contributed by atoms with E-state index in [1.165, 1.54) is 4.90 Å². The Labute approximate surface area is 248 Å². The smallest absolute Gasteiger partial charge is 0.312 e. The molecule has 1 spiro atoms. The van der Waals surface area contributed by atoms with Gasteiger partial charge in [-0.3, -0.25) is 14.4 Å². The van der Waals surface area contributed by atoms with E-state index in [0.29, 0.717) is 36.4 Å². The maximum absolute atomic E-state index is 14.7. The fraction of sp³-hybridized carbons (Fsp3) is 0.594. The number of benzene rings is 1. The third-order valence-electron chi connectivity index (χ3n) is 9.18. The molecule has 41 heavy (non-hydrogen) atoms. The van der Waals surface area contributed by atoms with Crippen LogP contribution in [0.5, 0.6) is 0 Å². The van der Waals surface area contributed by atoms with Gasteiger partial charge in [-0.15, -0.1) is 13.2 Å². The lowest BCUT2D eigenvalue weighted by Crippen LogP contribution is -2.60. The van der Waals surface area contributed by atoms with E-state index in [1.54, 1.807) is 35.2 Å². The van der Waals surface area contributed by atoms with Crippen LogP contribution in [0.3, 0.4) is 0 Å². The molecule has 1 aromatic rings. The first kappa shape index (κ1) is 31.3. The van der Waals surface area contributed by atoms with Crippen molar-refractivity contribution in [3.05, 3.63) is 54.6 Å². The minimum atomic E-state index is -1.22. The molecule has 2 bridgehead atoms. The van der Waals surface area contributed by atoms with E-state index in [4.69, 9.17) is 21.1 Å². The topological polar surface area (TPSA) is 96.4 Å². The molecule has 0 saturated carbocycles. The normalized spacial score (nSPS) is 29.0. The highest BCUT2D eigenvalue weighted by molar-refractivity contribution is 6.30. The fourth-order valence-corrected chi connectivity index (χ4v) is 7.27. The summed E-state index contributed by atoms with van der Waals surface area (Å²) >= 11 is 6.13. The Kier molecular flexibility index (Phi) is 9.66. The van der Waals surface area contributed by atoms with Crippen molar-refractivity contribution in [2.24, 2.45) is 17.8 Å².